The van der Waals surface area contributed by atoms with Gasteiger partial charge in [0.05, 0.1) is 11.4 Å². The summed E-state index contributed by atoms with van der Waals surface area (Å²) in [5, 5.41) is 17.5. The molecule has 0 aromatic heterocycles. The summed E-state index contributed by atoms with van der Waals surface area (Å²) in [7, 11) is 0. The SMILES string of the molecule is CCC(O)SCC(C)C(=O)O. The zero-order valence-electron chi connectivity index (χ0n) is 6.78. The quantitative estimate of drug-likeness (QED) is 0.620. The van der Waals surface area contributed by atoms with E-state index < -0.39 is 11.4 Å². The van der Waals surface area contributed by atoms with Gasteiger partial charge in [-0.15, -0.1) is 11.8 Å². The Morgan fingerprint density at radius 2 is 2.18 bits per heavy atom. The number of thioether (sulfide) groups is 1. The first kappa shape index (κ1) is 10.8. The number of aliphatic hydroxyl groups is 1. The third-order valence-corrected chi connectivity index (χ3v) is 2.72. The maximum atomic E-state index is 10.3. The smallest absolute Gasteiger partial charge is 0.307 e. The topological polar surface area (TPSA) is 57.5 Å². The van der Waals surface area contributed by atoms with Gasteiger partial charge in [0.25, 0.3) is 0 Å². The molecule has 0 saturated heterocycles. The highest BCUT2D eigenvalue weighted by Crippen LogP contribution is 2.15. The minimum atomic E-state index is -0.805. The molecule has 0 fully saturated rings. The molecule has 0 rings (SSSR count). The zero-order chi connectivity index (χ0) is 8.85. The summed E-state index contributed by atoms with van der Waals surface area (Å²) >= 11 is 1.29. The Morgan fingerprint density at radius 3 is 2.55 bits per heavy atom. The van der Waals surface area contributed by atoms with Crippen molar-refractivity contribution < 1.29 is 15.0 Å². The second kappa shape index (κ2) is 5.43. The average molecular weight is 178 g/mol. The highest BCUT2D eigenvalue weighted by atomic mass is 32.2. The van der Waals surface area contributed by atoms with E-state index in [0.29, 0.717) is 12.2 Å². The number of hydrogen-bond acceptors (Lipinski definition) is 3. The van der Waals surface area contributed by atoms with E-state index >= 15 is 0 Å². The van der Waals surface area contributed by atoms with Crippen molar-refractivity contribution in [3.63, 3.8) is 0 Å². The van der Waals surface area contributed by atoms with Crippen molar-refractivity contribution in [2.45, 2.75) is 25.7 Å². The number of carboxylic acid groups (broad SMARTS) is 1. The Morgan fingerprint density at radius 1 is 1.64 bits per heavy atom. The van der Waals surface area contributed by atoms with Crippen LogP contribution in [0, 0.1) is 5.92 Å². The summed E-state index contributed by atoms with van der Waals surface area (Å²) in [6.45, 7) is 3.50. The predicted octanol–water partition coefficient (Wildman–Crippen LogP) is 1.17. The van der Waals surface area contributed by atoms with E-state index in [-0.39, 0.29) is 5.92 Å². The predicted molar refractivity (Wildman–Crippen MR) is 45.6 cm³/mol. The van der Waals surface area contributed by atoms with Gasteiger partial charge in [-0.25, -0.2) is 0 Å². The first-order valence-corrected chi connectivity index (χ1v) is 4.65. The minimum absolute atomic E-state index is 0.374. The van der Waals surface area contributed by atoms with Gasteiger partial charge in [-0.1, -0.05) is 13.8 Å². The molecule has 11 heavy (non-hydrogen) atoms. The number of carbonyl (C=O) groups is 1. The maximum Gasteiger partial charge on any atom is 0.307 e. The van der Waals surface area contributed by atoms with E-state index in [9.17, 15) is 4.79 Å². The molecule has 0 spiro atoms. The van der Waals surface area contributed by atoms with Crippen LogP contribution in [0.3, 0.4) is 0 Å². The molecular weight excluding hydrogens is 164 g/mol. The Kier molecular flexibility index (Phi) is 5.32. The van der Waals surface area contributed by atoms with Crippen LogP contribution in [0.15, 0.2) is 0 Å². The normalized spacial score (nSPS) is 15.9. The molecule has 2 unspecified atom stereocenters. The van der Waals surface area contributed by atoms with E-state index in [0.717, 1.165) is 0 Å². The van der Waals surface area contributed by atoms with Crippen LogP contribution in [-0.4, -0.2) is 27.4 Å². The van der Waals surface area contributed by atoms with Crippen molar-refractivity contribution in [1.29, 1.82) is 0 Å². The van der Waals surface area contributed by atoms with Gasteiger partial charge >= 0.3 is 5.97 Å². The molecule has 0 amide bonds. The maximum absolute atomic E-state index is 10.3. The van der Waals surface area contributed by atoms with E-state index in [4.69, 9.17) is 10.2 Å². The van der Waals surface area contributed by atoms with Crippen LogP contribution in [-0.2, 0) is 4.79 Å². The van der Waals surface area contributed by atoms with Crippen LogP contribution >= 0.6 is 11.8 Å². The summed E-state index contributed by atoms with van der Waals surface area (Å²) in [6, 6.07) is 0. The van der Waals surface area contributed by atoms with Crippen molar-refractivity contribution in [2.24, 2.45) is 5.92 Å². The van der Waals surface area contributed by atoms with Crippen molar-refractivity contribution in [3.05, 3.63) is 0 Å². The molecular formula is C7H14O3S. The van der Waals surface area contributed by atoms with Crippen LogP contribution in [0.5, 0.6) is 0 Å². The first-order chi connectivity index (χ1) is 5.07. The molecule has 66 valence electrons. The summed E-state index contributed by atoms with van der Waals surface area (Å²) in [4.78, 5) is 10.3. The molecule has 0 aliphatic carbocycles. The zero-order valence-corrected chi connectivity index (χ0v) is 7.60. The lowest BCUT2D eigenvalue weighted by Crippen LogP contribution is -2.14. The molecule has 2 atom stereocenters. The Bertz CT molecular complexity index is 127. The number of aliphatic hydroxyl groups excluding tert-OH is 1. The van der Waals surface area contributed by atoms with Gasteiger partial charge in [-0.2, -0.15) is 0 Å². The minimum Gasteiger partial charge on any atom is -0.481 e. The molecule has 0 aromatic rings. The summed E-state index contributed by atoms with van der Waals surface area (Å²) < 4.78 is 0. The fourth-order valence-electron chi connectivity index (χ4n) is 0.445. The van der Waals surface area contributed by atoms with Crippen molar-refractivity contribution in [1.82, 2.24) is 0 Å². The molecule has 2 N–H and O–H groups in total. The van der Waals surface area contributed by atoms with Crippen LogP contribution in [0.4, 0.5) is 0 Å². The molecule has 3 nitrogen and oxygen atoms in total. The Hall–Kier alpha value is -0.220. The number of hydrogen-bond donors (Lipinski definition) is 2. The van der Waals surface area contributed by atoms with Gasteiger partial charge < -0.3 is 10.2 Å². The lowest BCUT2D eigenvalue weighted by atomic mass is 10.2. The third-order valence-electron chi connectivity index (χ3n) is 1.31. The summed E-state index contributed by atoms with van der Waals surface area (Å²) in [6.07, 6.45) is 0.664. The molecule has 0 heterocycles. The lowest BCUT2D eigenvalue weighted by Gasteiger charge is -2.09. The fraction of sp³-hybridized carbons (Fsp3) is 0.857. The van der Waals surface area contributed by atoms with Gasteiger partial charge in [-0.3, -0.25) is 4.79 Å². The number of aliphatic carboxylic acids is 1. The standard InChI is InChI=1S/C7H14O3S/c1-3-6(8)11-4-5(2)7(9)10/h5-6,8H,3-4H2,1-2H3,(H,9,10). The van der Waals surface area contributed by atoms with E-state index in [1.807, 2.05) is 6.92 Å². The van der Waals surface area contributed by atoms with Gasteiger partial charge in [0.15, 0.2) is 0 Å². The molecule has 0 radical (unpaired) electrons. The molecule has 0 aromatic carbocycles. The third kappa shape index (κ3) is 5.09. The van der Waals surface area contributed by atoms with Gasteiger partial charge in [0.1, 0.15) is 0 Å². The van der Waals surface area contributed by atoms with E-state index in [1.165, 1.54) is 11.8 Å². The Labute approximate surface area is 70.8 Å². The number of carboxylic acids is 1. The van der Waals surface area contributed by atoms with E-state index in [1.54, 1.807) is 6.92 Å². The average Bonchev–Trinajstić information content (AvgIpc) is 1.99. The van der Waals surface area contributed by atoms with Crippen LogP contribution in [0.25, 0.3) is 0 Å². The van der Waals surface area contributed by atoms with Gasteiger partial charge in [0.2, 0.25) is 0 Å². The summed E-state index contributed by atoms with van der Waals surface area (Å²) in [5.74, 6) is -0.702. The van der Waals surface area contributed by atoms with Crippen molar-refractivity contribution >= 4 is 17.7 Å². The highest BCUT2D eigenvalue weighted by molar-refractivity contribution is 7.99. The fourth-order valence-corrected chi connectivity index (χ4v) is 1.33. The lowest BCUT2D eigenvalue weighted by molar-refractivity contribution is -0.140. The second-order valence-electron chi connectivity index (χ2n) is 2.44. The number of rotatable bonds is 5. The van der Waals surface area contributed by atoms with Gasteiger partial charge in [0, 0.05) is 5.75 Å². The van der Waals surface area contributed by atoms with Gasteiger partial charge in [-0.05, 0) is 6.42 Å². The molecule has 4 heteroatoms. The van der Waals surface area contributed by atoms with Crippen LogP contribution in [0.1, 0.15) is 20.3 Å². The van der Waals surface area contributed by atoms with Crippen LogP contribution in [0.2, 0.25) is 0 Å². The first-order valence-electron chi connectivity index (χ1n) is 3.60. The second-order valence-corrected chi connectivity index (χ2v) is 3.65. The van der Waals surface area contributed by atoms with Crippen molar-refractivity contribution in [2.75, 3.05) is 5.75 Å². The van der Waals surface area contributed by atoms with E-state index in [2.05, 4.69) is 0 Å². The molecule has 0 bridgehead atoms. The Balaban J connectivity index is 3.45. The van der Waals surface area contributed by atoms with Crippen LogP contribution < -0.4 is 0 Å². The summed E-state index contributed by atoms with van der Waals surface area (Å²) in [5.41, 5.74) is -0.420. The van der Waals surface area contributed by atoms with Crippen molar-refractivity contribution in [3.8, 4) is 0 Å². The highest BCUT2D eigenvalue weighted by Gasteiger charge is 2.12. The largest absolute Gasteiger partial charge is 0.481 e. The monoisotopic (exact) mass is 178 g/mol. The molecule has 0 saturated carbocycles. The molecule has 0 aliphatic rings. The molecule has 0 aliphatic heterocycles.